The van der Waals surface area contributed by atoms with Gasteiger partial charge >= 0.3 is 0 Å². The molecule has 0 aromatic heterocycles. The Balaban J connectivity index is 1.88. The second kappa shape index (κ2) is 6.58. The van der Waals surface area contributed by atoms with Crippen molar-refractivity contribution in [2.75, 3.05) is 11.9 Å². The molecule has 1 nitrogen and oxygen atoms in total. The molecule has 0 heterocycles. The highest BCUT2D eigenvalue weighted by atomic mass is 35.5. The molecule has 0 saturated carbocycles. The molecule has 2 aromatic rings. The van der Waals surface area contributed by atoms with Crippen LogP contribution in [0, 0.1) is 5.82 Å². The van der Waals surface area contributed by atoms with E-state index in [0.29, 0.717) is 16.6 Å². The van der Waals surface area contributed by atoms with Gasteiger partial charge in [-0.25, -0.2) is 4.39 Å². The standard InChI is InChI=1S/C16H17ClFN/c1-12(13-5-3-2-4-6-13)9-10-19-16-11-14(18)7-8-15(16)17/h2-8,11-12,19H,9-10H2,1H3. The fourth-order valence-corrected chi connectivity index (χ4v) is 2.19. The molecular formula is C16H17ClFN. The van der Waals surface area contributed by atoms with Crippen molar-refractivity contribution in [3.05, 3.63) is 64.9 Å². The van der Waals surface area contributed by atoms with Crippen LogP contribution in [-0.2, 0) is 0 Å². The topological polar surface area (TPSA) is 12.0 Å². The second-order valence-corrected chi connectivity index (χ2v) is 5.06. The van der Waals surface area contributed by atoms with E-state index in [9.17, 15) is 4.39 Å². The second-order valence-electron chi connectivity index (χ2n) is 4.65. The summed E-state index contributed by atoms with van der Waals surface area (Å²) >= 11 is 6.00. The number of rotatable bonds is 5. The average Bonchev–Trinajstić information content (AvgIpc) is 2.43. The van der Waals surface area contributed by atoms with Gasteiger partial charge in [0.25, 0.3) is 0 Å². The number of anilines is 1. The Bertz CT molecular complexity index is 528. The third kappa shape index (κ3) is 3.97. The molecule has 0 radical (unpaired) electrons. The number of nitrogens with one attached hydrogen (secondary N) is 1. The first-order valence-electron chi connectivity index (χ1n) is 6.40. The van der Waals surface area contributed by atoms with Crippen LogP contribution in [0.25, 0.3) is 0 Å². The zero-order valence-electron chi connectivity index (χ0n) is 10.9. The Morgan fingerprint density at radius 1 is 1.16 bits per heavy atom. The van der Waals surface area contributed by atoms with Gasteiger partial charge in [-0.2, -0.15) is 0 Å². The van der Waals surface area contributed by atoms with Gasteiger partial charge in [-0.3, -0.25) is 0 Å². The minimum absolute atomic E-state index is 0.275. The van der Waals surface area contributed by atoms with Crippen LogP contribution in [0.2, 0.25) is 5.02 Å². The van der Waals surface area contributed by atoms with Crippen molar-refractivity contribution in [1.82, 2.24) is 0 Å². The summed E-state index contributed by atoms with van der Waals surface area (Å²) in [6.07, 6.45) is 0.969. The molecule has 0 saturated heterocycles. The van der Waals surface area contributed by atoms with E-state index in [4.69, 9.17) is 11.6 Å². The van der Waals surface area contributed by atoms with Crippen molar-refractivity contribution in [3.8, 4) is 0 Å². The summed E-state index contributed by atoms with van der Waals surface area (Å²) < 4.78 is 13.1. The molecule has 19 heavy (non-hydrogen) atoms. The smallest absolute Gasteiger partial charge is 0.125 e. The monoisotopic (exact) mass is 277 g/mol. The molecule has 2 aromatic carbocycles. The van der Waals surface area contributed by atoms with Crippen molar-refractivity contribution in [2.24, 2.45) is 0 Å². The molecule has 1 atom stereocenters. The summed E-state index contributed by atoms with van der Waals surface area (Å²) in [4.78, 5) is 0. The van der Waals surface area contributed by atoms with Crippen molar-refractivity contribution in [3.63, 3.8) is 0 Å². The number of hydrogen-bond donors (Lipinski definition) is 1. The van der Waals surface area contributed by atoms with E-state index in [2.05, 4.69) is 24.4 Å². The summed E-state index contributed by atoms with van der Waals surface area (Å²) in [6, 6.07) is 14.7. The molecule has 0 fully saturated rings. The van der Waals surface area contributed by atoms with Crippen LogP contribution in [-0.4, -0.2) is 6.54 Å². The van der Waals surface area contributed by atoms with Crippen molar-refractivity contribution >= 4 is 17.3 Å². The quantitative estimate of drug-likeness (QED) is 0.803. The van der Waals surface area contributed by atoms with Crippen LogP contribution >= 0.6 is 11.6 Å². The molecule has 1 unspecified atom stereocenters. The maximum atomic E-state index is 13.1. The number of benzene rings is 2. The van der Waals surface area contributed by atoms with Gasteiger partial charge in [0.2, 0.25) is 0 Å². The van der Waals surface area contributed by atoms with E-state index in [0.717, 1.165) is 13.0 Å². The largest absolute Gasteiger partial charge is 0.384 e. The van der Waals surface area contributed by atoms with Gasteiger partial charge < -0.3 is 5.32 Å². The van der Waals surface area contributed by atoms with E-state index in [-0.39, 0.29) is 5.82 Å². The first-order valence-corrected chi connectivity index (χ1v) is 6.78. The molecule has 0 bridgehead atoms. The molecule has 0 aliphatic carbocycles. The summed E-state index contributed by atoms with van der Waals surface area (Å²) in [7, 11) is 0. The summed E-state index contributed by atoms with van der Waals surface area (Å²) in [5, 5.41) is 3.73. The zero-order chi connectivity index (χ0) is 13.7. The third-order valence-electron chi connectivity index (χ3n) is 3.19. The van der Waals surface area contributed by atoms with Crippen LogP contribution < -0.4 is 5.32 Å². The van der Waals surface area contributed by atoms with Crippen LogP contribution in [0.4, 0.5) is 10.1 Å². The third-order valence-corrected chi connectivity index (χ3v) is 3.52. The lowest BCUT2D eigenvalue weighted by molar-refractivity contribution is 0.628. The summed E-state index contributed by atoms with van der Waals surface area (Å²) in [6.45, 7) is 2.95. The molecule has 0 spiro atoms. The number of halogens is 2. The van der Waals surface area contributed by atoms with Crippen molar-refractivity contribution in [2.45, 2.75) is 19.3 Å². The average molecular weight is 278 g/mol. The molecule has 2 rings (SSSR count). The molecule has 0 aliphatic rings. The number of hydrogen-bond acceptors (Lipinski definition) is 1. The predicted octanol–water partition coefficient (Wildman–Crippen LogP) is 5.08. The van der Waals surface area contributed by atoms with Gasteiger partial charge in [0, 0.05) is 6.54 Å². The Morgan fingerprint density at radius 3 is 2.63 bits per heavy atom. The van der Waals surface area contributed by atoms with Gasteiger partial charge in [0.05, 0.1) is 10.7 Å². The summed E-state index contributed by atoms with van der Waals surface area (Å²) in [5.74, 6) is 0.184. The molecule has 0 amide bonds. The normalized spacial score (nSPS) is 12.2. The van der Waals surface area contributed by atoms with Crippen LogP contribution in [0.15, 0.2) is 48.5 Å². The Kier molecular flexibility index (Phi) is 4.80. The first kappa shape index (κ1) is 13.9. The summed E-state index contributed by atoms with van der Waals surface area (Å²) in [5.41, 5.74) is 1.97. The Hall–Kier alpha value is -1.54. The minimum atomic E-state index is -0.275. The lowest BCUT2D eigenvalue weighted by Crippen LogP contribution is -2.06. The molecule has 100 valence electrons. The van der Waals surface area contributed by atoms with Gasteiger partial charge in [-0.1, -0.05) is 48.9 Å². The van der Waals surface area contributed by atoms with Gasteiger partial charge in [-0.15, -0.1) is 0 Å². The zero-order valence-corrected chi connectivity index (χ0v) is 11.6. The molecule has 3 heteroatoms. The SMILES string of the molecule is CC(CCNc1cc(F)ccc1Cl)c1ccccc1. The Labute approximate surface area is 118 Å². The van der Waals surface area contributed by atoms with Gasteiger partial charge in [0.1, 0.15) is 5.82 Å². The van der Waals surface area contributed by atoms with Crippen LogP contribution in [0.1, 0.15) is 24.8 Å². The van der Waals surface area contributed by atoms with Crippen LogP contribution in [0.5, 0.6) is 0 Å². The Morgan fingerprint density at radius 2 is 1.89 bits per heavy atom. The van der Waals surface area contributed by atoms with Gasteiger partial charge in [-0.05, 0) is 36.1 Å². The highest BCUT2D eigenvalue weighted by Crippen LogP contribution is 2.23. The van der Waals surface area contributed by atoms with E-state index in [1.165, 1.54) is 17.7 Å². The predicted molar refractivity (Wildman–Crippen MR) is 79.4 cm³/mol. The van der Waals surface area contributed by atoms with E-state index < -0.39 is 0 Å². The van der Waals surface area contributed by atoms with Crippen LogP contribution in [0.3, 0.4) is 0 Å². The molecule has 1 N–H and O–H groups in total. The lowest BCUT2D eigenvalue weighted by atomic mass is 9.98. The maximum absolute atomic E-state index is 13.1. The van der Waals surface area contributed by atoms with E-state index in [1.807, 2.05) is 18.2 Å². The fourth-order valence-electron chi connectivity index (χ4n) is 2.00. The highest BCUT2D eigenvalue weighted by Gasteiger charge is 2.06. The van der Waals surface area contributed by atoms with Gasteiger partial charge in [0.15, 0.2) is 0 Å². The maximum Gasteiger partial charge on any atom is 0.125 e. The highest BCUT2D eigenvalue weighted by molar-refractivity contribution is 6.33. The minimum Gasteiger partial charge on any atom is -0.384 e. The fraction of sp³-hybridized carbons (Fsp3) is 0.250. The molecule has 0 aliphatic heterocycles. The van der Waals surface area contributed by atoms with Crippen molar-refractivity contribution < 1.29 is 4.39 Å². The van der Waals surface area contributed by atoms with E-state index in [1.54, 1.807) is 6.07 Å². The van der Waals surface area contributed by atoms with Crippen molar-refractivity contribution in [1.29, 1.82) is 0 Å². The van der Waals surface area contributed by atoms with E-state index >= 15 is 0 Å². The first-order chi connectivity index (χ1) is 9.16. The molecular weight excluding hydrogens is 261 g/mol. The lowest BCUT2D eigenvalue weighted by Gasteiger charge is -2.13.